The third-order valence-corrected chi connectivity index (χ3v) is 2.27. The predicted octanol–water partition coefficient (Wildman–Crippen LogP) is 1.34. The van der Waals surface area contributed by atoms with Crippen LogP contribution >= 0.6 is 0 Å². The largest absolute Gasteiger partial charge is 0.453 e. The fourth-order valence-electron chi connectivity index (χ4n) is 1.24. The summed E-state index contributed by atoms with van der Waals surface area (Å²) >= 11 is 0. The molecule has 1 fully saturated rings. The molecule has 2 atom stereocenters. The molecule has 0 aromatic heterocycles. The molecule has 0 spiro atoms. The Hall–Kier alpha value is -0.730. The van der Waals surface area contributed by atoms with Crippen molar-refractivity contribution in [3.05, 3.63) is 0 Å². The summed E-state index contributed by atoms with van der Waals surface area (Å²) in [4.78, 5) is 12.5. The van der Waals surface area contributed by atoms with E-state index in [1.165, 1.54) is 13.5 Å². The molecule has 64 valence electrons. The van der Waals surface area contributed by atoms with Gasteiger partial charge in [0.05, 0.1) is 7.11 Å². The van der Waals surface area contributed by atoms with Crippen molar-refractivity contribution in [2.24, 2.45) is 11.8 Å². The molecule has 0 heterocycles. The van der Waals surface area contributed by atoms with Gasteiger partial charge in [-0.2, -0.15) is 0 Å². The zero-order valence-corrected chi connectivity index (χ0v) is 7.33. The highest BCUT2D eigenvalue weighted by Crippen LogP contribution is 2.37. The van der Waals surface area contributed by atoms with Gasteiger partial charge >= 0.3 is 6.09 Å². The Labute approximate surface area is 67.3 Å². The Morgan fingerprint density at radius 3 is 2.64 bits per heavy atom. The number of hydrogen-bond acceptors (Lipinski definition) is 2. The van der Waals surface area contributed by atoms with Gasteiger partial charge in [0, 0.05) is 13.6 Å². The van der Waals surface area contributed by atoms with Crippen molar-refractivity contribution >= 4 is 6.09 Å². The molecule has 11 heavy (non-hydrogen) atoms. The summed E-state index contributed by atoms with van der Waals surface area (Å²) in [6, 6.07) is 0. The van der Waals surface area contributed by atoms with Crippen molar-refractivity contribution in [2.45, 2.75) is 13.3 Å². The van der Waals surface area contributed by atoms with Crippen molar-refractivity contribution in [1.29, 1.82) is 0 Å². The van der Waals surface area contributed by atoms with Gasteiger partial charge in [0.25, 0.3) is 0 Å². The van der Waals surface area contributed by atoms with Crippen LogP contribution in [-0.4, -0.2) is 31.7 Å². The zero-order valence-electron chi connectivity index (χ0n) is 7.33. The zero-order chi connectivity index (χ0) is 8.43. The van der Waals surface area contributed by atoms with Crippen LogP contribution in [0.25, 0.3) is 0 Å². The van der Waals surface area contributed by atoms with Gasteiger partial charge in [-0.1, -0.05) is 6.92 Å². The van der Waals surface area contributed by atoms with E-state index < -0.39 is 0 Å². The van der Waals surface area contributed by atoms with E-state index in [1.54, 1.807) is 11.9 Å². The Morgan fingerprint density at radius 1 is 1.73 bits per heavy atom. The SMILES string of the molecule is COC(=O)N(C)CC1CC1C. The normalized spacial score (nSPS) is 27.9. The Kier molecular flexibility index (Phi) is 2.37. The van der Waals surface area contributed by atoms with Crippen LogP contribution in [0.2, 0.25) is 0 Å². The third-order valence-electron chi connectivity index (χ3n) is 2.27. The van der Waals surface area contributed by atoms with E-state index in [0.717, 1.165) is 12.5 Å². The highest BCUT2D eigenvalue weighted by atomic mass is 16.5. The Balaban J connectivity index is 2.20. The minimum Gasteiger partial charge on any atom is -0.453 e. The summed E-state index contributed by atoms with van der Waals surface area (Å²) in [6.07, 6.45) is 1.02. The van der Waals surface area contributed by atoms with Gasteiger partial charge in [0.15, 0.2) is 0 Å². The fourth-order valence-corrected chi connectivity index (χ4v) is 1.24. The standard InChI is InChI=1S/C8H15NO2/c1-6-4-7(6)5-9(2)8(10)11-3/h6-7H,4-5H2,1-3H3. The molecule has 2 unspecified atom stereocenters. The molecule has 1 aliphatic rings. The van der Waals surface area contributed by atoms with E-state index in [2.05, 4.69) is 11.7 Å². The number of amides is 1. The third kappa shape index (κ3) is 2.10. The van der Waals surface area contributed by atoms with Crippen LogP contribution in [0.15, 0.2) is 0 Å². The number of carbonyl (C=O) groups excluding carboxylic acids is 1. The van der Waals surface area contributed by atoms with Gasteiger partial charge in [-0.05, 0) is 18.3 Å². The number of ether oxygens (including phenoxy) is 1. The minimum atomic E-state index is -0.232. The molecule has 0 N–H and O–H groups in total. The van der Waals surface area contributed by atoms with E-state index in [0.29, 0.717) is 5.92 Å². The first-order valence-corrected chi connectivity index (χ1v) is 3.94. The van der Waals surface area contributed by atoms with Crippen molar-refractivity contribution in [1.82, 2.24) is 4.90 Å². The molecule has 3 heteroatoms. The molecule has 1 rings (SSSR count). The minimum absolute atomic E-state index is 0.232. The molecule has 0 saturated heterocycles. The molecule has 0 bridgehead atoms. The van der Waals surface area contributed by atoms with Gasteiger partial charge in [0.2, 0.25) is 0 Å². The van der Waals surface area contributed by atoms with Gasteiger partial charge in [-0.15, -0.1) is 0 Å². The maximum absolute atomic E-state index is 10.9. The lowest BCUT2D eigenvalue weighted by atomic mass is 10.3. The van der Waals surface area contributed by atoms with Crippen LogP contribution in [-0.2, 0) is 4.74 Å². The van der Waals surface area contributed by atoms with E-state index in [4.69, 9.17) is 0 Å². The molecule has 3 nitrogen and oxygen atoms in total. The van der Waals surface area contributed by atoms with Crippen molar-refractivity contribution in [3.8, 4) is 0 Å². The van der Waals surface area contributed by atoms with Crippen LogP contribution in [0.3, 0.4) is 0 Å². The lowest BCUT2D eigenvalue weighted by molar-refractivity contribution is 0.131. The van der Waals surface area contributed by atoms with Crippen LogP contribution in [0.4, 0.5) is 4.79 Å². The summed E-state index contributed by atoms with van der Waals surface area (Å²) < 4.78 is 4.56. The average molecular weight is 157 g/mol. The molecule has 0 aromatic rings. The average Bonchev–Trinajstić information content (AvgIpc) is 2.65. The molecule has 1 amide bonds. The van der Waals surface area contributed by atoms with Gasteiger partial charge in [-0.3, -0.25) is 0 Å². The van der Waals surface area contributed by atoms with Crippen molar-refractivity contribution in [3.63, 3.8) is 0 Å². The highest BCUT2D eigenvalue weighted by molar-refractivity contribution is 5.66. The number of methoxy groups -OCH3 is 1. The molecular formula is C8H15NO2. The molecule has 0 aliphatic heterocycles. The molecule has 0 radical (unpaired) electrons. The summed E-state index contributed by atoms with van der Waals surface area (Å²) in [7, 11) is 3.19. The summed E-state index contributed by atoms with van der Waals surface area (Å²) in [6.45, 7) is 3.05. The van der Waals surface area contributed by atoms with E-state index in [1.807, 2.05) is 0 Å². The predicted molar refractivity (Wildman–Crippen MR) is 42.3 cm³/mol. The summed E-state index contributed by atoms with van der Waals surface area (Å²) in [5, 5.41) is 0. The van der Waals surface area contributed by atoms with Crippen molar-refractivity contribution < 1.29 is 9.53 Å². The second-order valence-electron chi connectivity index (χ2n) is 3.32. The first kappa shape index (κ1) is 8.37. The second kappa shape index (κ2) is 3.11. The molecular weight excluding hydrogens is 142 g/mol. The number of rotatable bonds is 2. The second-order valence-corrected chi connectivity index (χ2v) is 3.32. The Bertz CT molecular complexity index is 158. The lowest BCUT2D eigenvalue weighted by Crippen LogP contribution is -2.28. The highest BCUT2D eigenvalue weighted by Gasteiger charge is 2.34. The molecule has 0 aromatic carbocycles. The first-order valence-electron chi connectivity index (χ1n) is 3.94. The number of carbonyl (C=O) groups is 1. The topological polar surface area (TPSA) is 29.5 Å². The number of nitrogens with zero attached hydrogens (tertiary/aromatic N) is 1. The monoisotopic (exact) mass is 157 g/mol. The van der Waals surface area contributed by atoms with E-state index in [9.17, 15) is 4.79 Å². The van der Waals surface area contributed by atoms with E-state index >= 15 is 0 Å². The molecule has 1 saturated carbocycles. The maximum Gasteiger partial charge on any atom is 0.409 e. The smallest absolute Gasteiger partial charge is 0.409 e. The van der Waals surface area contributed by atoms with Gasteiger partial charge in [0.1, 0.15) is 0 Å². The summed E-state index contributed by atoms with van der Waals surface area (Å²) in [5.74, 6) is 1.50. The lowest BCUT2D eigenvalue weighted by Gasteiger charge is -2.14. The van der Waals surface area contributed by atoms with Crippen molar-refractivity contribution in [2.75, 3.05) is 20.7 Å². The first-order chi connectivity index (χ1) is 5.15. The quantitative estimate of drug-likeness (QED) is 0.605. The van der Waals surface area contributed by atoms with Crippen LogP contribution in [0.5, 0.6) is 0 Å². The molecule has 1 aliphatic carbocycles. The fraction of sp³-hybridized carbons (Fsp3) is 0.875. The van der Waals surface area contributed by atoms with Crippen LogP contribution < -0.4 is 0 Å². The van der Waals surface area contributed by atoms with Crippen LogP contribution in [0, 0.1) is 11.8 Å². The van der Waals surface area contributed by atoms with Gasteiger partial charge in [-0.25, -0.2) is 4.79 Å². The maximum atomic E-state index is 10.9. The van der Waals surface area contributed by atoms with E-state index in [-0.39, 0.29) is 6.09 Å². The van der Waals surface area contributed by atoms with Crippen LogP contribution in [0.1, 0.15) is 13.3 Å². The summed E-state index contributed by atoms with van der Waals surface area (Å²) in [5.41, 5.74) is 0. The number of hydrogen-bond donors (Lipinski definition) is 0. The Morgan fingerprint density at radius 2 is 2.27 bits per heavy atom. The van der Waals surface area contributed by atoms with Gasteiger partial charge < -0.3 is 9.64 Å².